The van der Waals surface area contributed by atoms with E-state index >= 15 is 0 Å². The van der Waals surface area contributed by atoms with E-state index in [0.717, 1.165) is 24.2 Å². The van der Waals surface area contributed by atoms with Crippen molar-refractivity contribution in [1.82, 2.24) is 9.78 Å². The third-order valence-corrected chi connectivity index (χ3v) is 3.87. The highest BCUT2D eigenvalue weighted by Gasteiger charge is 2.12. The summed E-state index contributed by atoms with van der Waals surface area (Å²) < 4.78 is 2.03. The SMILES string of the molecule is CCn1nc(CCC(O)c2ccccc2)c2ccccc21. The Morgan fingerprint density at radius 3 is 2.52 bits per heavy atom. The van der Waals surface area contributed by atoms with Crippen molar-refractivity contribution in [2.75, 3.05) is 0 Å². The molecule has 1 unspecified atom stereocenters. The van der Waals surface area contributed by atoms with Crippen LogP contribution in [0.3, 0.4) is 0 Å². The zero-order valence-corrected chi connectivity index (χ0v) is 12.2. The van der Waals surface area contributed by atoms with Gasteiger partial charge in [-0.05, 0) is 31.4 Å². The third-order valence-electron chi connectivity index (χ3n) is 3.87. The first-order valence-electron chi connectivity index (χ1n) is 7.47. The first-order valence-corrected chi connectivity index (χ1v) is 7.47. The van der Waals surface area contributed by atoms with Crippen molar-refractivity contribution in [3.63, 3.8) is 0 Å². The largest absolute Gasteiger partial charge is 0.388 e. The van der Waals surface area contributed by atoms with Gasteiger partial charge in [-0.3, -0.25) is 4.68 Å². The van der Waals surface area contributed by atoms with Gasteiger partial charge in [0, 0.05) is 11.9 Å². The molecule has 108 valence electrons. The van der Waals surface area contributed by atoms with Crippen LogP contribution >= 0.6 is 0 Å². The van der Waals surface area contributed by atoms with E-state index in [1.54, 1.807) is 0 Å². The lowest BCUT2D eigenvalue weighted by molar-refractivity contribution is 0.167. The van der Waals surface area contributed by atoms with Gasteiger partial charge in [0.05, 0.1) is 17.3 Å². The molecule has 0 aliphatic rings. The molecule has 0 saturated carbocycles. The molecule has 0 bridgehead atoms. The Bertz CT molecular complexity index is 718. The third kappa shape index (κ3) is 2.83. The molecule has 3 aromatic rings. The van der Waals surface area contributed by atoms with Crippen molar-refractivity contribution in [3.05, 3.63) is 65.9 Å². The fraction of sp³-hybridized carbons (Fsp3) is 0.278. The van der Waals surface area contributed by atoms with Crippen LogP contribution in [0.15, 0.2) is 54.6 Å². The number of rotatable bonds is 5. The Morgan fingerprint density at radius 2 is 1.76 bits per heavy atom. The van der Waals surface area contributed by atoms with Gasteiger partial charge in [0.1, 0.15) is 0 Å². The Morgan fingerprint density at radius 1 is 1.05 bits per heavy atom. The Balaban J connectivity index is 1.79. The van der Waals surface area contributed by atoms with E-state index in [0.29, 0.717) is 6.42 Å². The molecule has 0 aliphatic carbocycles. The average molecular weight is 280 g/mol. The zero-order chi connectivity index (χ0) is 14.7. The van der Waals surface area contributed by atoms with Gasteiger partial charge in [0.15, 0.2) is 0 Å². The van der Waals surface area contributed by atoms with Crippen molar-refractivity contribution in [1.29, 1.82) is 0 Å². The Hall–Kier alpha value is -2.13. The predicted octanol–water partition coefficient (Wildman–Crippen LogP) is 3.72. The molecule has 2 aromatic carbocycles. The maximum Gasteiger partial charge on any atom is 0.0793 e. The van der Waals surface area contributed by atoms with Crippen molar-refractivity contribution >= 4 is 10.9 Å². The van der Waals surface area contributed by atoms with E-state index in [2.05, 4.69) is 24.2 Å². The summed E-state index contributed by atoms with van der Waals surface area (Å²) in [5.41, 5.74) is 3.21. The van der Waals surface area contributed by atoms with Gasteiger partial charge < -0.3 is 5.11 Å². The Labute approximate surface area is 124 Å². The molecular formula is C18H20N2O. The summed E-state index contributed by atoms with van der Waals surface area (Å²) in [6.45, 7) is 2.96. The number of benzene rings is 2. The Kier molecular flexibility index (Phi) is 4.02. The molecule has 1 N–H and O–H groups in total. The standard InChI is InChI=1S/C18H20N2O/c1-2-20-17-11-7-6-10-15(17)16(19-20)12-13-18(21)14-8-4-3-5-9-14/h3-11,18,21H,2,12-13H2,1H3. The van der Waals surface area contributed by atoms with Gasteiger partial charge in [-0.25, -0.2) is 0 Å². The monoisotopic (exact) mass is 280 g/mol. The van der Waals surface area contributed by atoms with Gasteiger partial charge in [0.25, 0.3) is 0 Å². The molecule has 0 radical (unpaired) electrons. The number of nitrogens with zero attached hydrogens (tertiary/aromatic N) is 2. The molecule has 1 aromatic heterocycles. The smallest absolute Gasteiger partial charge is 0.0793 e. The molecule has 0 fully saturated rings. The fourth-order valence-corrected chi connectivity index (χ4v) is 2.74. The van der Waals surface area contributed by atoms with Crippen molar-refractivity contribution < 1.29 is 5.11 Å². The van der Waals surface area contributed by atoms with Crippen molar-refractivity contribution in [2.45, 2.75) is 32.4 Å². The lowest BCUT2D eigenvalue weighted by Crippen LogP contribution is -2.01. The minimum absolute atomic E-state index is 0.434. The molecule has 3 heteroatoms. The molecule has 21 heavy (non-hydrogen) atoms. The lowest BCUT2D eigenvalue weighted by Gasteiger charge is -2.09. The molecule has 1 heterocycles. The second-order valence-electron chi connectivity index (χ2n) is 5.24. The van der Waals surface area contributed by atoms with Gasteiger partial charge in [0.2, 0.25) is 0 Å². The molecule has 0 spiro atoms. The minimum Gasteiger partial charge on any atom is -0.388 e. The molecule has 0 amide bonds. The summed E-state index contributed by atoms with van der Waals surface area (Å²) >= 11 is 0. The number of hydrogen-bond acceptors (Lipinski definition) is 2. The predicted molar refractivity (Wildman–Crippen MR) is 85.1 cm³/mol. The molecular weight excluding hydrogens is 260 g/mol. The topological polar surface area (TPSA) is 38.0 Å². The second-order valence-corrected chi connectivity index (χ2v) is 5.24. The van der Waals surface area contributed by atoms with E-state index in [9.17, 15) is 5.11 Å². The zero-order valence-electron chi connectivity index (χ0n) is 12.2. The van der Waals surface area contributed by atoms with Crippen LogP contribution in [0.2, 0.25) is 0 Å². The van der Waals surface area contributed by atoms with Gasteiger partial charge in [-0.15, -0.1) is 0 Å². The molecule has 1 atom stereocenters. The maximum absolute atomic E-state index is 10.3. The van der Waals surface area contributed by atoms with Crippen molar-refractivity contribution in [2.24, 2.45) is 0 Å². The summed E-state index contributed by atoms with van der Waals surface area (Å²) in [5.74, 6) is 0. The van der Waals surface area contributed by atoms with Crippen LogP contribution < -0.4 is 0 Å². The van der Waals surface area contributed by atoms with E-state index in [1.807, 2.05) is 47.1 Å². The van der Waals surface area contributed by atoms with Crippen LogP contribution in [0.25, 0.3) is 10.9 Å². The average Bonchev–Trinajstić information content (AvgIpc) is 2.91. The number of hydrogen-bond donors (Lipinski definition) is 1. The van der Waals surface area contributed by atoms with Crippen LogP contribution in [-0.2, 0) is 13.0 Å². The molecule has 0 aliphatic heterocycles. The summed E-state index contributed by atoms with van der Waals surface area (Å²) in [6.07, 6.45) is 1.04. The van der Waals surface area contributed by atoms with E-state index in [-0.39, 0.29) is 0 Å². The maximum atomic E-state index is 10.3. The summed E-state index contributed by atoms with van der Waals surface area (Å²) in [4.78, 5) is 0. The lowest BCUT2D eigenvalue weighted by atomic mass is 10.0. The normalized spacial score (nSPS) is 12.7. The summed E-state index contributed by atoms with van der Waals surface area (Å²) in [6, 6.07) is 18.1. The van der Waals surface area contributed by atoms with E-state index in [1.165, 1.54) is 10.9 Å². The highest BCUT2D eigenvalue weighted by Crippen LogP contribution is 2.23. The summed E-state index contributed by atoms with van der Waals surface area (Å²) in [5, 5.41) is 16.2. The number of para-hydroxylation sites is 1. The number of aliphatic hydroxyl groups is 1. The highest BCUT2D eigenvalue weighted by molar-refractivity contribution is 5.81. The molecule has 3 rings (SSSR count). The van der Waals surface area contributed by atoms with Crippen LogP contribution in [0.1, 0.15) is 30.7 Å². The first kappa shape index (κ1) is 13.8. The molecule has 3 nitrogen and oxygen atoms in total. The number of aryl methyl sites for hydroxylation is 2. The van der Waals surface area contributed by atoms with Gasteiger partial charge in [-0.1, -0.05) is 48.5 Å². The number of aromatic nitrogens is 2. The number of aliphatic hydroxyl groups excluding tert-OH is 1. The highest BCUT2D eigenvalue weighted by atomic mass is 16.3. The van der Waals surface area contributed by atoms with Crippen LogP contribution in [0, 0.1) is 0 Å². The second kappa shape index (κ2) is 6.10. The van der Waals surface area contributed by atoms with Gasteiger partial charge in [-0.2, -0.15) is 5.10 Å². The molecule has 0 saturated heterocycles. The van der Waals surface area contributed by atoms with Crippen LogP contribution in [0.4, 0.5) is 0 Å². The van der Waals surface area contributed by atoms with Crippen LogP contribution in [0.5, 0.6) is 0 Å². The van der Waals surface area contributed by atoms with Crippen molar-refractivity contribution in [3.8, 4) is 0 Å². The minimum atomic E-state index is -0.434. The first-order chi connectivity index (χ1) is 10.3. The van der Waals surface area contributed by atoms with E-state index in [4.69, 9.17) is 0 Å². The quantitative estimate of drug-likeness (QED) is 0.773. The van der Waals surface area contributed by atoms with E-state index < -0.39 is 6.10 Å². The van der Waals surface area contributed by atoms with Crippen LogP contribution in [-0.4, -0.2) is 14.9 Å². The van der Waals surface area contributed by atoms with Gasteiger partial charge >= 0.3 is 0 Å². The summed E-state index contributed by atoms with van der Waals surface area (Å²) in [7, 11) is 0. The number of fused-ring (bicyclic) bond motifs is 1. The fourth-order valence-electron chi connectivity index (χ4n) is 2.74.